The van der Waals surface area contributed by atoms with Crippen LogP contribution in [0.25, 0.3) is 0 Å². The summed E-state index contributed by atoms with van der Waals surface area (Å²) in [7, 11) is 0. The number of carbonyl (C=O) groups is 2. The molecular weight excluding hydrogens is 322 g/mol. The summed E-state index contributed by atoms with van der Waals surface area (Å²) in [5.41, 5.74) is 2.00. The first-order valence-electron chi connectivity index (χ1n) is 9.75. The zero-order valence-corrected chi connectivity index (χ0v) is 15.1. The summed E-state index contributed by atoms with van der Waals surface area (Å²) in [5, 5.41) is 0. The number of amides is 1. The van der Waals surface area contributed by atoms with Gasteiger partial charge in [-0.15, -0.1) is 0 Å². The molecule has 2 aromatic carbocycles. The van der Waals surface area contributed by atoms with E-state index in [0.717, 1.165) is 19.4 Å². The van der Waals surface area contributed by atoms with E-state index in [2.05, 4.69) is 4.90 Å². The van der Waals surface area contributed by atoms with Gasteiger partial charge in [0, 0.05) is 29.3 Å². The van der Waals surface area contributed by atoms with Crippen LogP contribution in [0.15, 0.2) is 54.6 Å². The van der Waals surface area contributed by atoms with Crippen LogP contribution < -0.4 is 0 Å². The maximum atomic E-state index is 13.0. The van der Waals surface area contributed by atoms with Crippen LogP contribution in [0, 0.1) is 5.92 Å². The summed E-state index contributed by atoms with van der Waals surface area (Å²) < 4.78 is 0. The number of nitrogens with zero attached hydrogens (tertiary/aromatic N) is 1. The molecule has 0 bridgehead atoms. The average Bonchev–Trinajstić information content (AvgIpc) is 2.73. The Bertz CT molecular complexity index is 780. The monoisotopic (exact) mass is 347 g/mol. The molecule has 2 fully saturated rings. The fourth-order valence-corrected chi connectivity index (χ4v) is 4.56. The number of ketones is 1. The average molecular weight is 347 g/mol. The second-order valence-electron chi connectivity index (χ2n) is 7.53. The van der Waals surface area contributed by atoms with Crippen LogP contribution in [0.3, 0.4) is 0 Å². The van der Waals surface area contributed by atoms with Crippen LogP contribution in [0.2, 0.25) is 0 Å². The molecule has 134 valence electrons. The van der Waals surface area contributed by atoms with Gasteiger partial charge in [-0.3, -0.25) is 9.59 Å². The predicted molar refractivity (Wildman–Crippen MR) is 102 cm³/mol. The summed E-state index contributed by atoms with van der Waals surface area (Å²) in [6.45, 7) is 0.866. The molecule has 1 saturated carbocycles. The topological polar surface area (TPSA) is 37.4 Å². The number of likely N-dealkylation sites (tertiary alicyclic amines) is 1. The van der Waals surface area contributed by atoms with E-state index >= 15 is 0 Å². The molecule has 2 aliphatic rings. The van der Waals surface area contributed by atoms with Crippen molar-refractivity contribution in [2.75, 3.05) is 6.54 Å². The molecule has 1 aliphatic heterocycles. The summed E-state index contributed by atoms with van der Waals surface area (Å²) >= 11 is 0. The van der Waals surface area contributed by atoms with Gasteiger partial charge in [-0.25, -0.2) is 0 Å². The highest BCUT2D eigenvalue weighted by molar-refractivity contribution is 6.09. The number of piperidine rings is 1. The summed E-state index contributed by atoms with van der Waals surface area (Å²) in [6.07, 6.45) is 7.31. The van der Waals surface area contributed by atoms with Crippen molar-refractivity contribution in [3.63, 3.8) is 0 Å². The number of carbonyl (C=O) groups excluding carboxylic acids is 2. The van der Waals surface area contributed by atoms with E-state index in [1.165, 1.54) is 25.7 Å². The number of fused-ring (bicyclic) bond motifs is 1. The van der Waals surface area contributed by atoms with Crippen molar-refractivity contribution < 1.29 is 9.59 Å². The minimum atomic E-state index is -0.00471. The fourth-order valence-electron chi connectivity index (χ4n) is 4.56. The lowest BCUT2D eigenvalue weighted by Crippen LogP contribution is -2.49. The van der Waals surface area contributed by atoms with Crippen LogP contribution in [-0.2, 0) is 0 Å². The van der Waals surface area contributed by atoms with Crippen LogP contribution >= 0.6 is 0 Å². The van der Waals surface area contributed by atoms with E-state index < -0.39 is 0 Å². The smallest absolute Gasteiger partial charge is 0.254 e. The van der Waals surface area contributed by atoms with Gasteiger partial charge < -0.3 is 4.90 Å². The molecule has 3 nitrogen and oxygen atoms in total. The summed E-state index contributed by atoms with van der Waals surface area (Å²) in [5.74, 6) is 0.801. The van der Waals surface area contributed by atoms with Gasteiger partial charge in [-0.05, 0) is 43.7 Å². The Balaban J connectivity index is 1.51. The Labute approximate surface area is 155 Å². The zero-order chi connectivity index (χ0) is 17.9. The molecule has 2 aromatic rings. The first-order chi connectivity index (χ1) is 12.7. The van der Waals surface area contributed by atoms with E-state index in [-0.39, 0.29) is 11.7 Å². The summed E-state index contributed by atoms with van der Waals surface area (Å²) in [4.78, 5) is 27.7. The fraction of sp³-hybridized carbons (Fsp3) is 0.391. The second kappa shape index (κ2) is 7.45. The van der Waals surface area contributed by atoms with Crippen LogP contribution in [0.4, 0.5) is 0 Å². The van der Waals surface area contributed by atoms with Crippen molar-refractivity contribution >= 4 is 11.7 Å². The lowest BCUT2D eigenvalue weighted by Gasteiger charge is -2.44. The molecule has 1 saturated heterocycles. The van der Waals surface area contributed by atoms with E-state index in [1.54, 1.807) is 12.1 Å². The number of benzene rings is 2. The standard InChI is InChI=1S/C23H25NO2/c25-22(18-8-2-1-3-9-18)19-12-14-20(15-13-19)23(26)24-16-6-10-17-7-4-5-11-21(17)24/h1-3,8-9,12-15,17,21H,4-7,10-11,16H2/t17-,21-/m1/s1. The number of hydrogen-bond donors (Lipinski definition) is 0. The van der Waals surface area contributed by atoms with Gasteiger partial charge in [0.1, 0.15) is 0 Å². The molecule has 0 aromatic heterocycles. The third kappa shape index (κ3) is 3.31. The number of rotatable bonds is 3. The van der Waals surface area contributed by atoms with Gasteiger partial charge in [0.2, 0.25) is 0 Å². The quantitative estimate of drug-likeness (QED) is 0.754. The normalized spacial score (nSPS) is 22.5. The molecule has 26 heavy (non-hydrogen) atoms. The Kier molecular flexibility index (Phi) is 4.87. The molecule has 2 atom stereocenters. The van der Waals surface area contributed by atoms with Gasteiger partial charge in [-0.1, -0.05) is 55.3 Å². The molecule has 4 rings (SSSR count). The Morgan fingerprint density at radius 1 is 0.731 bits per heavy atom. The SMILES string of the molecule is O=C(c1ccccc1)c1ccc(C(=O)N2CCC[C@H]3CCCC[C@H]32)cc1. The first kappa shape index (κ1) is 17.0. The molecule has 0 N–H and O–H groups in total. The van der Waals surface area contributed by atoms with Crippen molar-refractivity contribution in [3.8, 4) is 0 Å². The van der Waals surface area contributed by atoms with E-state index in [9.17, 15) is 9.59 Å². The molecule has 3 heteroatoms. The minimum absolute atomic E-state index is 0.00471. The molecule has 0 spiro atoms. The van der Waals surface area contributed by atoms with Gasteiger partial charge >= 0.3 is 0 Å². The molecule has 1 aliphatic carbocycles. The van der Waals surface area contributed by atoms with E-state index in [0.29, 0.717) is 28.7 Å². The maximum Gasteiger partial charge on any atom is 0.254 e. The Hall–Kier alpha value is -2.42. The molecule has 0 radical (unpaired) electrons. The third-order valence-corrected chi connectivity index (χ3v) is 5.93. The third-order valence-electron chi connectivity index (χ3n) is 5.93. The van der Waals surface area contributed by atoms with Crippen molar-refractivity contribution in [1.29, 1.82) is 0 Å². The van der Waals surface area contributed by atoms with Crippen molar-refractivity contribution in [1.82, 2.24) is 4.90 Å². The van der Waals surface area contributed by atoms with Crippen LogP contribution in [0.1, 0.15) is 64.8 Å². The second-order valence-corrected chi connectivity index (χ2v) is 7.53. The van der Waals surface area contributed by atoms with Gasteiger partial charge in [0.15, 0.2) is 5.78 Å². The Morgan fingerprint density at radius 3 is 2.12 bits per heavy atom. The highest BCUT2D eigenvalue weighted by atomic mass is 16.2. The van der Waals surface area contributed by atoms with Gasteiger partial charge in [0.25, 0.3) is 5.91 Å². The molecule has 0 unspecified atom stereocenters. The minimum Gasteiger partial charge on any atom is -0.335 e. The van der Waals surface area contributed by atoms with Crippen molar-refractivity contribution in [3.05, 3.63) is 71.3 Å². The lowest BCUT2D eigenvalue weighted by atomic mass is 9.78. The van der Waals surface area contributed by atoms with Crippen LogP contribution in [-0.4, -0.2) is 29.2 Å². The molecule has 1 heterocycles. The zero-order valence-electron chi connectivity index (χ0n) is 15.1. The Morgan fingerprint density at radius 2 is 1.35 bits per heavy atom. The maximum absolute atomic E-state index is 13.0. The highest BCUT2D eigenvalue weighted by Gasteiger charge is 2.35. The number of hydrogen-bond acceptors (Lipinski definition) is 2. The molecular formula is C23H25NO2. The lowest BCUT2D eigenvalue weighted by molar-refractivity contribution is 0.0390. The van der Waals surface area contributed by atoms with Gasteiger partial charge in [0.05, 0.1) is 0 Å². The first-order valence-corrected chi connectivity index (χ1v) is 9.75. The van der Waals surface area contributed by atoms with Crippen molar-refractivity contribution in [2.24, 2.45) is 5.92 Å². The van der Waals surface area contributed by atoms with Gasteiger partial charge in [-0.2, -0.15) is 0 Å². The largest absolute Gasteiger partial charge is 0.335 e. The van der Waals surface area contributed by atoms with Crippen LogP contribution in [0.5, 0.6) is 0 Å². The highest BCUT2D eigenvalue weighted by Crippen LogP contribution is 2.35. The van der Waals surface area contributed by atoms with Crippen molar-refractivity contribution in [2.45, 2.75) is 44.6 Å². The van der Waals surface area contributed by atoms with E-state index in [1.807, 2.05) is 42.5 Å². The molecule has 1 amide bonds. The van der Waals surface area contributed by atoms with E-state index in [4.69, 9.17) is 0 Å². The summed E-state index contributed by atoms with van der Waals surface area (Å²) in [6, 6.07) is 16.9. The predicted octanol–water partition coefficient (Wildman–Crippen LogP) is 4.71.